The predicted octanol–water partition coefficient (Wildman–Crippen LogP) is 8.95. The number of allylic oxidation sites excluding steroid dienone is 2. The van der Waals surface area contributed by atoms with Gasteiger partial charge in [0, 0.05) is 20.0 Å². The minimum atomic E-state index is -4.64. The van der Waals surface area contributed by atoms with Crippen molar-refractivity contribution in [2.75, 3.05) is 7.05 Å². The van der Waals surface area contributed by atoms with Crippen LogP contribution in [-0.2, 0) is 12.8 Å². The highest BCUT2D eigenvalue weighted by atomic mass is 35.5. The summed E-state index contributed by atoms with van der Waals surface area (Å²) in [7, 11) is 1.33. The maximum absolute atomic E-state index is 13.9. The van der Waals surface area contributed by atoms with Gasteiger partial charge in [-0.3, -0.25) is 4.99 Å². The molecule has 38 heavy (non-hydrogen) atoms. The number of aliphatic imine (C=N–C) groups is 1. The average molecular weight is 552 g/mol. The molecular weight excluding hydrogens is 525 g/mol. The molecular formula is C29H27ClF5NO2. The van der Waals surface area contributed by atoms with Crippen LogP contribution in [0.1, 0.15) is 41.7 Å². The number of ether oxygens (including phenoxy) is 1. The molecule has 0 bridgehead atoms. The van der Waals surface area contributed by atoms with E-state index in [9.17, 15) is 27.1 Å². The van der Waals surface area contributed by atoms with Crippen LogP contribution >= 0.6 is 11.6 Å². The highest BCUT2D eigenvalue weighted by molar-refractivity contribution is 6.36. The average Bonchev–Trinajstić information content (AvgIpc) is 2.82. The summed E-state index contributed by atoms with van der Waals surface area (Å²) in [5.74, 6) is -3.69. The van der Waals surface area contributed by atoms with Crippen LogP contribution < -0.4 is 4.74 Å². The lowest BCUT2D eigenvalue weighted by molar-refractivity contribution is -0.138. The van der Waals surface area contributed by atoms with Crippen molar-refractivity contribution in [2.45, 2.75) is 46.4 Å². The third-order valence-electron chi connectivity index (χ3n) is 6.11. The summed E-state index contributed by atoms with van der Waals surface area (Å²) in [4.78, 5) is 4.01. The second-order valence-electron chi connectivity index (χ2n) is 9.08. The number of phenolic OH excluding ortho intramolecular Hbond substituents is 1. The van der Waals surface area contributed by atoms with E-state index in [1.165, 1.54) is 39.1 Å². The van der Waals surface area contributed by atoms with Gasteiger partial charge in [-0.15, -0.1) is 0 Å². The number of aryl methyl sites for hydroxylation is 2. The zero-order valence-corrected chi connectivity index (χ0v) is 22.2. The summed E-state index contributed by atoms with van der Waals surface area (Å²) < 4.78 is 74.8. The lowest BCUT2D eigenvalue weighted by Gasteiger charge is -2.20. The lowest BCUT2D eigenvalue weighted by Crippen LogP contribution is -2.13. The Balaban J connectivity index is 2.25. The van der Waals surface area contributed by atoms with Crippen LogP contribution in [0.2, 0.25) is 5.02 Å². The number of hydrogen-bond acceptors (Lipinski definition) is 3. The number of nitrogens with zero attached hydrogens (tertiary/aromatic N) is 1. The van der Waals surface area contributed by atoms with Gasteiger partial charge in [0.1, 0.15) is 18.1 Å². The zero-order valence-electron chi connectivity index (χ0n) is 21.5. The van der Waals surface area contributed by atoms with E-state index in [-0.39, 0.29) is 50.9 Å². The van der Waals surface area contributed by atoms with Crippen LogP contribution in [0.25, 0.3) is 11.1 Å². The molecule has 0 atom stereocenters. The van der Waals surface area contributed by atoms with Gasteiger partial charge in [-0.25, -0.2) is 8.78 Å². The summed E-state index contributed by atoms with van der Waals surface area (Å²) in [6.07, 6.45) is -3.57. The van der Waals surface area contributed by atoms with Gasteiger partial charge in [0.15, 0.2) is 0 Å². The van der Waals surface area contributed by atoms with Crippen molar-refractivity contribution in [1.29, 1.82) is 0 Å². The van der Waals surface area contributed by atoms with Crippen LogP contribution in [0.15, 0.2) is 65.2 Å². The Labute approximate surface area is 223 Å². The Kier molecular flexibility index (Phi) is 8.56. The van der Waals surface area contributed by atoms with Crippen LogP contribution in [0.5, 0.6) is 11.5 Å². The monoisotopic (exact) mass is 551 g/mol. The molecule has 3 aromatic carbocycles. The molecule has 0 aliphatic rings. The van der Waals surface area contributed by atoms with Gasteiger partial charge in [0.05, 0.1) is 27.4 Å². The maximum atomic E-state index is 13.9. The van der Waals surface area contributed by atoms with Crippen LogP contribution in [0.4, 0.5) is 22.0 Å². The molecule has 0 amide bonds. The van der Waals surface area contributed by atoms with Gasteiger partial charge in [-0.1, -0.05) is 53.6 Å². The van der Waals surface area contributed by atoms with E-state index < -0.39 is 23.4 Å². The topological polar surface area (TPSA) is 41.8 Å². The summed E-state index contributed by atoms with van der Waals surface area (Å²) in [5, 5.41) is 11.3. The first-order valence-corrected chi connectivity index (χ1v) is 12.0. The Bertz CT molecular complexity index is 1390. The molecule has 3 rings (SSSR count). The van der Waals surface area contributed by atoms with Gasteiger partial charge in [-0.2, -0.15) is 13.2 Å². The lowest BCUT2D eigenvalue weighted by atomic mass is 9.94. The van der Waals surface area contributed by atoms with Crippen molar-refractivity contribution in [3.05, 3.63) is 93.0 Å². The standard InChI is InChI=1S/C29H27ClF5NO2/c1-16-6-9-19(10-7-16)15-38-24-14-22(30)26(23(36-5)12-18(3)28(4,31)32)27(37)25(24)20-11-8-17(2)21(13-20)29(33,34)35/h6-14,37H,15H2,1-5H3/b18-12+,36-23?. The molecule has 202 valence electrons. The fourth-order valence-electron chi connectivity index (χ4n) is 3.76. The Hall–Kier alpha value is -3.39. The molecule has 0 heterocycles. The van der Waals surface area contributed by atoms with Crippen molar-refractivity contribution >= 4 is 17.3 Å². The quantitative estimate of drug-likeness (QED) is 0.235. The number of aromatic hydroxyl groups is 1. The van der Waals surface area contributed by atoms with E-state index in [1.54, 1.807) is 0 Å². The molecule has 0 aliphatic heterocycles. The van der Waals surface area contributed by atoms with Crippen molar-refractivity contribution in [1.82, 2.24) is 0 Å². The van der Waals surface area contributed by atoms with Gasteiger partial charge in [0.2, 0.25) is 0 Å². The number of rotatable bonds is 7. The first-order chi connectivity index (χ1) is 17.6. The third-order valence-corrected chi connectivity index (χ3v) is 6.40. The fraction of sp³-hybridized carbons (Fsp3) is 0.276. The molecule has 1 N–H and O–H groups in total. The van der Waals surface area contributed by atoms with Crippen LogP contribution in [-0.4, -0.2) is 23.8 Å². The number of halogens is 6. The number of benzene rings is 3. The van der Waals surface area contributed by atoms with E-state index >= 15 is 0 Å². The maximum Gasteiger partial charge on any atom is 0.416 e. The van der Waals surface area contributed by atoms with Crippen LogP contribution in [0.3, 0.4) is 0 Å². The minimum Gasteiger partial charge on any atom is -0.506 e. The smallest absolute Gasteiger partial charge is 0.416 e. The summed E-state index contributed by atoms with van der Waals surface area (Å²) in [6, 6.07) is 12.4. The van der Waals surface area contributed by atoms with E-state index in [4.69, 9.17) is 16.3 Å². The molecule has 3 aromatic rings. The Morgan fingerprint density at radius 2 is 1.66 bits per heavy atom. The number of hydrogen-bond donors (Lipinski definition) is 1. The highest BCUT2D eigenvalue weighted by Crippen LogP contribution is 2.46. The molecule has 0 saturated carbocycles. The van der Waals surface area contributed by atoms with Crippen molar-refractivity contribution in [3.8, 4) is 22.6 Å². The molecule has 0 unspecified atom stereocenters. The fourth-order valence-corrected chi connectivity index (χ4v) is 4.04. The zero-order chi connectivity index (χ0) is 28.4. The van der Waals surface area contributed by atoms with Crippen molar-refractivity contribution in [2.24, 2.45) is 4.99 Å². The van der Waals surface area contributed by atoms with Gasteiger partial charge in [-0.05, 0) is 55.2 Å². The molecule has 0 fully saturated rings. The Morgan fingerprint density at radius 3 is 2.21 bits per heavy atom. The molecule has 0 radical (unpaired) electrons. The SMILES string of the molecule is CN=C(/C=C(\C)C(C)(F)F)c1c(Cl)cc(OCc2ccc(C)cc2)c(-c2ccc(C)c(C(F)(F)F)c2)c1O. The largest absolute Gasteiger partial charge is 0.506 e. The van der Waals surface area contributed by atoms with E-state index in [0.717, 1.165) is 23.3 Å². The van der Waals surface area contributed by atoms with Crippen LogP contribution in [0, 0.1) is 13.8 Å². The van der Waals surface area contributed by atoms with Crippen molar-refractivity contribution in [3.63, 3.8) is 0 Å². The summed E-state index contributed by atoms with van der Waals surface area (Å²) >= 11 is 6.48. The number of alkyl halides is 5. The Morgan fingerprint density at radius 1 is 1.03 bits per heavy atom. The highest BCUT2D eigenvalue weighted by Gasteiger charge is 2.33. The molecule has 9 heteroatoms. The third kappa shape index (κ3) is 6.54. The molecule has 0 spiro atoms. The van der Waals surface area contributed by atoms with Gasteiger partial charge in [0.25, 0.3) is 5.92 Å². The van der Waals surface area contributed by atoms with E-state index in [0.29, 0.717) is 6.92 Å². The minimum absolute atomic E-state index is 0.00315. The first-order valence-electron chi connectivity index (χ1n) is 11.6. The molecule has 0 saturated heterocycles. The predicted molar refractivity (Wildman–Crippen MR) is 141 cm³/mol. The van der Waals surface area contributed by atoms with Crippen molar-refractivity contribution < 1.29 is 31.8 Å². The number of phenols is 1. The second-order valence-corrected chi connectivity index (χ2v) is 9.49. The first kappa shape index (κ1) is 29.2. The summed E-state index contributed by atoms with van der Waals surface area (Å²) in [5.41, 5.74) is 0.339. The second kappa shape index (κ2) is 11.2. The summed E-state index contributed by atoms with van der Waals surface area (Å²) in [6.45, 7) is 5.20. The van der Waals surface area contributed by atoms with E-state index in [2.05, 4.69) is 4.99 Å². The normalized spacial score (nSPS) is 13.1. The van der Waals surface area contributed by atoms with E-state index in [1.807, 2.05) is 31.2 Å². The molecule has 0 aliphatic carbocycles. The molecule has 3 nitrogen and oxygen atoms in total. The van der Waals surface area contributed by atoms with Gasteiger partial charge < -0.3 is 9.84 Å². The molecule has 0 aromatic heterocycles. The van der Waals surface area contributed by atoms with Gasteiger partial charge >= 0.3 is 6.18 Å².